The molecule has 0 atom stereocenters. The van der Waals surface area contributed by atoms with Crippen molar-refractivity contribution in [2.45, 2.75) is 6.92 Å². The largest absolute Gasteiger partial charge is 0.457 e. The van der Waals surface area contributed by atoms with Crippen LogP contribution in [-0.2, 0) is 4.79 Å². The number of pyridine rings is 1. The average molecular weight is 543 g/mol. The molecule has 1 N–H and O–H groups in total. The molecule has 5 aromatic rings. The van der Waals surface area contributed by atoms with Gasteiger partial charge in [-0.05, 0) is 43.3 Å². The lowest BCUT2D eigenvalue weighted by Gasteiger charge is -2.35. The second-order valence-corrected chi connectivity index (χ2v) is 9.23. The van der Waals surface area contributed by atoms with Gasteiger partial charge in [-0.1, -0.05) is 6.58 Å². The molecular formula is C28H24F2N8O2. The van der Waals surface area contributed by atoms with Gasteiger partial charge >= 0.3 is 0 Å². The minimum absolute atomic E-state index is 0.110. The topological polar surface area (TPSA) is 101 Å². The molecule has 1 saturated heterocycles. The van der Waals surface area contributed by atoms with Gasteiger partial charge in [-0.25, -0.2) is 28.2 Å². The molecule has 1 aliphatic heterocycles. The van der Waals surface area contributed by atoms with Crippen LogP contribution in [0.2, 0.25) is 0 Å². The van der Waals surface area contributed by atoms with Crippen molar-refractivity contribution in [2.24, 2.45) is 0 Å². The number of aromatic nitrogens is 5. The van der Waals surface area contributed by atoms with E-state index in [1.807, 2.05) is 4.90 Å². The van der Waals surface area contributed by atoms with E-state index in [-0.39, 0.29) is 28.4 Å². The molecule has 6 rings (SSSR count). The number of nitrogens with one attached hydrogen (secondary N) is 1. The quantitative estimate of drug-likeness (QED) is 0.310. The fourth-order valence-electron chi connectivity index (χ4n) is 4.73. The molecular weight excluding hydrogens is 518 g/mol. The lowest BCUT2D eigenvalue weighted by atomic mass is 10.1. The summed E-state index contributed by atoms with van der Waals surface area (Å²) >= 11 is 0. The summed E-state index contributed by atoms with van der Waals surface area (Å²) in [6, 6.07) is 9.90. The number of ether oxygens (including phenoxy) is 1. The van der Waals surface area contributed by atoms with Gasteiger partial charge in [-0.3, -0.25) is 4.79 Å². The highest BCUT2D eigenvalue weighted by Gasteiger charge is 2.24. The Hall–Kier alpha value is -5.13. The van der Waals surface area contributed by atoms with Crippen LogP contribution >= 0.6 is 0 Å². The highest BCUT2D eigenvalue weighted by molar-refractivity contribution is 5.94. The predicted molar refractivity (Wildman–Crippen MR) is 146 cm³/mol. The Morgan fingerprint density at radius 1 is 1.02 bits per heavy atom. The Labute approximate surface area is 227 Å². The molecule has 0 saturated carbocycles. The van der Waals surface area contributed by atoms with Crippen molar-refractivity contribution in [3.8, 4) is 11.5 Å². The summed E-state index contributed by atoms with van der Waals surface area (Å²) < 4.78 is 38.9. The molecule has 0 aliphatic carbocycles. The first-order valence-corrected chi connectivity index (χ1v) is 12.6. The van der Waals surface area contributed by atoms with Crippen LogP contribution in [-0.4, -0.2) is 61.6 Å². The number of nitrogens with zero attached hydrogens (tertiary/aromatic N) is 7. The third-order valence-corrected chi connectivity index (χ3v) is 6.90. The number of fused-ring (bicyclic) bond motifs is 2. The van der Waals surface area contributed by atoms with Gasteiger partial charge < -0.3 is 19.9 Å². The van der Waals surface area contributed by atoms with Gasteiger partial charge in [0, 0.05) is 44.0 Å². The number of anilines is 3. The van der Waals surface area contributed by atoms with Crippen molar-refractivity contribution in [1.82, 2.24) is 29.5 Å². The van der Waals surface area contributed by atoms with E-state index >= 15 is 8.78 Å². The molecule has 202 valence electrons. The van der Waals surface area contributed by atoms with Crippen molar-refractivity contribution >= 4 is 39.6 Å². The van der Waals surface area contributed by atoms with Crippen LogP contribution in [0.3, 0.4) is 0 Å². The number of carbonyl (C=O) groups is 1. The number of carbonyl (C=O) groups excluding carboxylic acids is 1. The van der Waals surface area contributed by atoms with Gasteiger partial charge in [0.2, 0.25) is 5.91 Å². The van der Waals surface area contributed by atoms with E-state index in [0.29, 0.717) is 54.5 Å². The minimum Gasteiger partial charge on any atom is -0.457 e. The molecule has 0 spiro atoms. The molecule has 12 heteroatoms. The number of hydrogen-bond acceptors (Lipinski definition) is 8. The normalized spacial score (nSPS) is 13.6. The predicted octanol–water partition coefficient (Wildman–Crippen LogP) is 4.63. The monoisotopic (exact) mass is 542 g/mol. The first-order valence-electron chi connectivity index (χ1n) is 12.6. The highest BCUT2D eigenvalue weighted by atomic mass is 19.1. The first kappa shape index (κ1) is 25.2. The van der Waals surface area contributed by atoms with Crippen molar-refractivity contribution in [1.29, 1.82) is 0 Å². The Morgan fingerprint density at radius 2 is 1.85 bits per heavy atom. The van der Waals surface area contributed by atoms with Crippen LogP contribution < -0.4 is 15.0 Å². The third kappa shape index (κ3) is 4.53. The molecule has 2 aromatic carbocycles. The summed E-state index contributed by atoms with van der Waals surface area (Å²) in [5.41, 5.74) is 1.70. The van der Waals surface area contributed by atoms with E-state index in [0.717, 1.165) is 0 Å². The minimum atomic E-state index is -0.563. The molecule has 3 aromatic heterocycles. The number of halogens is 2. The third-order valence-electron chi connectivity index (χ3n) is 6.90. The van der Waals surface area contributed by atoms with E-state index in [2.05, 4.69) is 31.9 Å². The maximum absolute atomic E-state index is 15.9. The van der Waals surface area contributed by atoms with Crippen LogP contribution in [0.1, 0.15) is 5.56 Å². The summed E-state index contributed by atoms with van der Waals surface area (Å²) in [7, 11) is 0. The van der Waals surface area contributed by atoms with E-state index in [1.54, 1.807) is 52.9 Å². The summed E-state index contributed by atoms with van der Waals surface area (Å²) in [5.74, 6) is -0.299. The molecule has 4 heterocycles. The maximum atomic E-state index is 15.9. The number of amides is 1. The fraction of sp³-hybridized carbons (Fsp3) is 0.179. The lowest BCUT2D eigenvalue weighted by Crippen LogP contribution is -2.48. The summed E-state index contributed by atoms with van der Waals surface area (Å²) in [6.07, 6.45) is 5.70. The smallest absolute Gasteiger partial charge is 0.246 e. The van der Waals surface area contributed by atoms with Gasteiger partial charge in [0.05, 0.1) is 22.3 Å². The molecule has 0 radical (unpaired) electrons. The van der Waals surface area contributed by atoms with Gasteiger partial charge in [0.15, 0.2) is 17.3 Å². The molecule has 10 nitrogen and oxygen atoms in total. The Kier molecular flexibility index (Phi) is 6.42. The molecule has 1 amide bonds. The zero-order valence-electron chi connectivity index (χ0n) is 21.5. The molecule has 1 aliphatic rings. The van der Waals surface area contributed by atoms with Crippen molar-refractivity contribution in [2.75, 3.05) is 36.4 Å². The SMILES string of the molecule is C=CC(=O)N1CCN(c2ccc3ncnc(Nc4ccc(Oc5ccn6ncnc6c5)c(C)c4F)c3c2F)CC1. The highest BCUT2D eigenvalue weighted by Crippen LogP contribution is 2.35. The van der Waals surface area contributed by atoms with Crippen LogP contribution in [0.25, 0.3) is 16.6 Å². The zero-order valence-corrected chi connectivity index (χ0v) is 21.5. The van der Waals surface area contributed by atoms with Gasteiger partial charge in [-0.15, -0.1) is 0 Å². The lowest BCUT2D eigenvalue weighted by molar-refractivity contribution is -0.126. The van der Waals surface area contributed by atoms with Crippen molar-refractivity contribution < 1.29 is 18.3 Å². The summed E-state index contributed by atoms with van der Waals surface area (Å²) in [5, 5.41) is 7.13. The summed E-state index contributed by atoms with van der Waals surface area (Å²) in [6.45, 7) is 6.93. The number of benzene rings is 2. The van der Waals surface area contributed by atoms with E-state index < -0.39 is 11.6 Å². The first-order chi connectivity index (χ1) is 19.4. The Bertz CT molecular complexity index is 1760. The fourth-order valence-corrected chi connectivity index (χ4v) is 4.73. The van der Waals surface area contributed by atoms with E-state index in [9.17, 15) is 4.79 Å². The molecule has 0 unspecified atom stereocenters. The van der Waals surface area contributed by atoms with Crippen molar-refractivity contribution in [3.05, 3.63) is 85.1 Å². The van der Waals surface area contributed by atoms with E-state index in [4.69, 9.17) is 4.74 Å². The number of rotatable bonds is 6. The van der Waals surface area contributed by atoms with Crippen molar-refractivity contribution in [3.63, 3.8) is 0 Å². The van der Waals surface area contributed by atoms with E-state index in [1.165, 1.54) is 24.8 Å². The van der Waals surface area contributed by atoms with Crippen LogP contribution in [0.4, 0.5) is 26.0 Å². The zero-order chi connectivity index (χ0) is 27.8. The van der Waals surface area contributed by atoms with Gasteiger partial charge in [-0.2, -0.15) is 5.10 Å². The van der Waals surface area contributed by atoms with Crippen LogP contribution in [0.15, 0.2) is 67.9 Å². The molecule has 0 bridgehead atoms. The second kappa shape index (κ2) is 10.2. The van der Waals surface area contributed by atoms with Gasteiger partial charge in [0.1, 0.15) is 30.0 Å². The number of hydrogen-bond donors (Lipinski definition) is 1. The van der Waals surface area contributed by atoms with Crippen LogP contribution in [0, 0.1) is 18.6 Å². The standard InChI is InChI=1S/C28H24F2N8O2/c1-3-24(39)37-12-10-36(11-13-37)21-6-4-19-25(27(21)30)28(33-15-31-19)35-20-5-7-22(17(2)26(20)29)40-18-8-9-38-23(14-18)32-16-34-38/h3-9,14-16H,1,10-13H2,2H3,(H,31,33,35). The molecule has 1 fully saturated rings. The maximum Gasteiger partial charge on any atom is 0.246 e. The number of piperazine rings is 1. The van der Waals surface area contributed by atoms with Crippen LogP contribution in [0.5, 0.6) is 11.5 Å². The second-order valence-electron chi connectivity index (χ2n) is 9.23. The Balaban J connectivity index is 1.27. The molecule has 40 heavy (non-hydrogen) atoms. The van der Waals surface area contributed by atoms with Gasteiger partial charge in [0.25, 0.3) is 0 Å². The average Bonchev–Trinajstić information content (AvgIpc) is 3.45. The Morgan fingerprint density at radius 3 is 2.65 bits per heavy atom. The summed E-state index contributed by atoms with van der Waals surface area (Å²) in [4.78, 5) is 28.0.